The minimum Gasteiger partial charge on any atom is -0.292 e. The third-order valence-corrected chi connectivity index (χ3v) is 3.37. The highest BCUT2D eigenvalue weighted by Crippen LogP contribution is 2.21. The van der Waals surface area contributed by atoms with Gasteiger partial charge in [0.2, 0.25) is 0 Å². The molecule has 0 aliphatic rings. The quantitative estimate of drug-likeness (QED) is 0.684. The van der Waals surface area contributed by atoms with Gasteiger partial charge in [0.15, 0.2) is 5.78 Å². The van der Waals surface area contributed by atoms with Gasteiger partial charge in [-0.25, -0.2) is 0 Å². The summed E-state index contributed by atoms with van der Waals surface area (Å²) >= 11 is 0. The number of rotatable bonds is 7. The molecule has 0 spiro atoms. The number of hydrogen-bond donors (Lipinski definition) is 0. The number of Topliss-reactive ketones (excluding diaryl/α,β-unsaturated/α-hetero) is 1. The zero-order chi connectivity index (χ0) is 13.6. The molecule has 0 amide bonds. The first-order valence-electron chi connectivity index (χ1n) is 6.89. The van der Waals surface area contributed by atoms with E-state index in [4.69, 9.17) is 0 Å². The lowest BCUT2D eigenvalue weighted by Gasteiger charge is -2.37. The fourth-order valence-corrected chi connectivity index (χ4v) is 2.30. The molecule has 0 saturated heterocycles. The summed E-state index contributed by atoms with van der Waals surface area (Å²) in [5, 5.41) is 0. The first-order valence-corrected chi connectivity index (χ1v) is 6.89. The molecule has 1 aromatic rings. The molecule has 2 heteroatoms. The number of nitrogens with zero attached hydrogens (tertiary/aromatic N) is 1. The number of ketones is 1. The smallest absolute Gasteiger partial charge is 0.182 e. The lowest BCUT2D eigenvalue weighted by atomic mass is 9.91. The Balaban J connectivity index is 2.92. The van der Waals surface area contributed by atoms with Crippen molar-refractivity contribution < 1.29 is 4.79 Å². The van der Waals surface area contributed by atoms with Crippen molar-refractivity contribution in [2.45, 2.75) is 46.1 Å². The minimum absolute atomic E-state index is 0.213. The second kappa shape index (κ2) is 6.69. The normalized spacial score (nSPS) is 11.8. The zero-order valence-electron chi connectivity index (χ0n) is 12.1. The zero-order valence-corrected chi connectivity index (χ0v) is 12.1. The van der Waals surface area contributed by atoms with Crippen molar-refractivity contribution in [1.29, 1.82) is 0 Å². The monoisotopic (exact) mass is 247 g/mol. The standard InChI is InChI=1S/C16H25NO/c1-5-12-17(13-6-2)16(3,4)15(18)14-10-8-7-9-11-14/h7-11H,5-6,12-13H2,1-4H3. The molecule has 0 aliphatic heterocycles. The first kappa shape index (κ1) is 14.9. The summed E-state index contributed by atoms with van der Waals surface area (Å²) in [5.41, 5.74) is 0.382. The fourth-order valence-electron chi connectivity index (χ4n) is 2.30. The second-order valence-electron chi connectivity index (χ2n) is 5.24. The highest BCUT2D eigenvalue weighted by atomic mass is 16.1. The average molecular weight is 247 g/mol. The van der Waals surface area contributed by atoms with E-state index in [1.165, 1.54) is 0 Å². The van der Waals surface area contributed by atoms with Crippen LogP contribution in [-0.2, 0) is 0 Å². The molecule has 0 saturated carbocycles. The maximum atomic E-state index is 12.6. The van der Waals surface area contributed by atoms with E-state index in [9.17, 15) is 4.79 Å². The van der Waals surface area contributed by atoms with Crippen LogP contribution in [0.5, 0.6) is 0 Å². The SMILES string of the molecule is CCCN(CCC)C(C)(C)C(=O)c1ccccc1. The molecule has 100 valence electrons. The third kappa shape index (κ3) is 3.42. The lowest BCUT2D eigenvalue weighted by molar-refractivity contribution is 0.0639. The van der Waals surface area contributed by atoms with Crippen LogP contribution in [0.15, 0.2) is 30.3 Å². The highest BCUT2D eigenvalue weighted by molar-refractivity contribution is 6.02. The Bertz CT molecular complexity index is 364. The van der Waals surface area contributed by atoms with Crippen LogP contribution in [0.2, 0.25) is 0 Å². The van der Waals surface area contributed by atoms with E-state index in [2.05, 4.69) is 18.7 Å². The van der Waals surface area contributed by atoms with Gasteiger partial charge in [0.05, 0.1) is 5.54 Å². The van der Waals surface area contributed by atoms with Crippen LogP contribution in [0.4, 0.5) is 0 Å². The van der Waals surface area contributed by atoms with Crippen molar-refractivity contribution >= 4 is 5.78 Å². The Morgan fingerprint density at radius 3 is 2.00 bits per heavy atom. The molecule has 1 aromatic carbocycles. The average Bonchev–Trinajstić information content (AvgIpc) is 2.38. The molecule has 0 fully saturated rings. The first-order chi connectivity index (χ1) is 8.54. The van der Waals surface area contributed by atoms with Crippen LogP contribution in [0.3, 0.4) is 0 Å². The van der Waals surface area contributed by atoms with E-state index in [0.29, 0.717) is 0 Å². The molecule has 0 heterocycles. The summed E-state index contributed by atoms with van der Waals surface area (Å²) in [5.74, 6) is 0.213. The van der Waals surface area contributed by atoms with Gasteiger partial charge in [-0.1, -0.05) is 44.2 Å². The summed E-state index contributed by atoms with van der Waals surface area (Å²) in [6, 6.07) is 9.60. The van der Waals surface area contributed by atoms with Crippen molar-refractivity contribution in [3.8, 4) is 0 Å². The molecule has 18 heavy (non-hydrogen) atoms. The molecule has 1 rings (SSSR count). The molecule has 0 radical (unpaired) electrons. The molecular formula is C16H25NO. The summed E-state index contributed by atoms with van der Waals surface area (Å²) < 4.78 is 0. The van der Waals surface area contributed by atoms with Gasteiger partial charge in [0, 0.05) is 5.56 Å². The number of carbonyl (C=O) groups is 1. The molecule has 0 N–H and O–H groups in total. The predicted molar refractivity (Wildman–Crippen MR) is 77.0 cm³/mol. The molecule has 0 unspecified atom stereocenters. The van der Waals surface area contributed by atoms with Gasteiger partial charge in [-0.2, -0.15) is 0 Å². The van der Waals surface area contributed by atoms with Crippen LogP contribution in [0.25, 0.3) is 0 Å². The Kier molecular flexibility index (Phi) is 5.54. The summed E-state index contributed by atoms with van der Waals surface area (Å²) in [4.78, 5) is 14.9. The van der Waals surface area contributed by atoms with Crippen molar-refractivity contribution in [1.82, 2.24) is 4.90 Å². The van der Waals surface area contributed by atoms with E-state index < -0.39 is 5.54 Å². The predicted octanol–water partition coefficient (Wildman–Crippen LogP) is 3.77. The van der Waals surface area contributed by atoms with Crippen LogP contribution < -0.4 is 0 Å². The van der Waals surface area contributed by atoms with Crippen LogP contribution in [-0.4, -0.2) is 29.3 Å². The Morgan fingerprint density at radius 1 is 1.06 bits per heavy atom. The Hall–Kier alpha value is -1.15. The molecule has 0 atom stereocenters. The van der Waals surface area contributed by atoms with Gasteiger partial charge in [0.1, 0.15) is 0 Å². The van der Waals surface area contributed by atoms with E-state index in [1.807, 2.05) is 44.2 Å². The van der Waals surface area contributed by atoms with E-state index in [-0.39, 0.29) is 5.78 Å². The van der Waals surface area contributed by atoms with Gasteiger partial charge in [-0.3, -0.25) is 9.69 Å². The third-order valence-electron chi connectivity index (χ3n) is 3.37. The summed E-state index contributed by atoms with van der Waals surface area (Å²) in [6.45, 7) is 10.3. The fraction of sp³-hybridized carbons (Fsp3) is 0.562. The topological polar surface area (TPSA) is 20.3 Å². The summed E-state index contributed by atoms with van der Waals surface area (Å²) in [6.07, 6.45) is 2.15. The van der Waals surface area contributed by atoms with Gasteiger partial charge in [-0.05, 0) is 39.8 Å². The minimum atomic E-state index is -0.423. The highest BCUT2D eigenvalue weighted by Gasteiger charge is 2.33. The van der Waals surface area contributed by atoms with Crippen molar-refractivity contribution in [2.75, 3.05) is 13.1 Å². The summed E-state index contributed by atoms with van der Waals surface area (Å²) in [7, 11) is 0. The largest absolute Gasteiger partial charge is 0.292 e. The molecule has 2 nitrogen and oxygen atoms in total. The van der Waals surface area contributed by atoms with Gasteiger partial charge < -0.3 is 0 Å². The van der Waals surface area contributed by atoms with Gasteiger partial charge in [-0.15, -0.1) is 0 Å². The number of benzene rings is 1. The lowest BCUT2D eigenvalue weighted by Crippen LogP contribution is -2.50. The van der Waals surface area contributed by atoms with Crippen LogP contribution in [0, 0.1) is 0 Å². The van der Waals surface area contributed by atoms with Gasteiger partial charge in [0.25, 0.3) is 0 Å². The van der Waals surface area contributed by atoms with Crippen LogP contribution in [0.1, 0.15) is 50.9 Å². The Labute approximate surface area is 111 Å². The van der Waals surface area contributed by atoms with E-state index >= 15 is 0 Å². The molecular weight excluding hydrogens is 222 g/mol. The maximum Gasteiger partial charge on any atom is 0.182 e. The molecule has 0 aromatic heterocycles. The van der Waals surface area contributed by atoms with Gasteiger partial charge >= 0.3 is 0 Å². The maximum absolute atomic E-state index is 12.6. The Morgan fingerprint density at radius 2 is 1.56 bits per heavy atom. The van der Waals surface area contributed by atoms with Crippen molar-refractivity contribution in [3.63, 3.8) is 0 Å². The van der Waals surface area contributed by atoms with Crippen LogP contribution >= 0.6 is 0 Å². The van der Waals surface area contributed by atoms with E-state index in [0.717, 1.165) is 31.5 Å². The molecule has 0 bridgehead atoms. The van der Waals surface area contributed by atoms with Crippen molar-refractivity contribution in [2.24, 2.45) is 0 Å². The number of hydrogen-bond acceptors (Lipinski definition) is 2. The van der Waals surface area contributed by atoms with Crippen molar-refractivity contribution in [3.05, 3.63) is 35.9 Å². The number of carbonyl (C=O) groups excluding carboxylic acids is 1. The van der Waals surface area contributed by atoms with E-state index in [1.54, 1.807) is 0 Å². The molecule has 0 aliphatic carbocycles. The second-order valence-corrected chi connectivity index (χ2v) is 5.24.